The summed E-state index contributed by atoms with van der Waals surface area (Å²) < 4.78 is 1.53. The van der Waals surface area contributed by atoms with E-state index in [0.29, 0.717) is 0 Å². The average molecular weight is 537 g/mol. The molecule has 1 aliphatic heterocycles. The minimum absolute atomic E-state index is 0.855. The van der Waals surface area contributed by atoms with Crippen molar-refractivity contribution in [1.29, 1.82) is 0 Å². The molecular weight excluding hydrogens is 484 g/mol. The number of allylic oxidation sites excluding steroid dienone is 2. The Balaban J connectivity index is 1.93. The van der Waals surface area contributed by atoms with Gasteiger partial charge in [0.25, 0.3) is 0 Å². The first-order valence-corrected chi connectivity index (χ1v) is 16.2. The molecule has 1 aliphatic rings. The predicted molar refractivity (Wildman–Crippen MR) is 173 cm³/mol. The molecule has 0 N–H and O–H groups in total. The maximum Gasteiger partial charge on any atom is 0.211 e. The van der Waals surface area contributed by atoms with Gasteiger partial charge in [-0.25, -0.2) is 4.70 Å². The van der Waals surface area contributed by atoms with Crippen LogP contribution in [0.2, 0.25) is 0 Å². The van der Waals surface area contributed by atoms with Gasteiger partial charge >= 0.3 is 0 Å². The van der Waals surface area contributed by atoms with Crippen LogP contribution in [-0.2, 0) is 12.8 Å². The fourth-order valence-corrected chi connectivity index (χ4v) is 5.87. The number of nitrogens with zero attached hydrogens (tertiary/aromatic N) is 2. The summed E-state index contributed by atoms with van der Waals surface area (Å²) in [6, 6.07) is 17.6. The van der Waals surface area contributed by atoms with Crippen molar-refractivity contribution in [2.75, 3.05) is 0 Å². The standard InChI is InChI=1S/C38H52N2/c1-5-9-12-14-15-16-19-25-32-26-20-21-28-35(32)38-36(29-17-11-7-3)34(8-4)37(40(38)39)33-27-22-24-31(30-33)23-18-13-10-6-2/h20-22,24,26-28,30H,5-14,17-19,23,25,29H2,1-4H3. The maximum atomic E-state index is 11.9. The molecule has 0 atom stereocenters. The van der Waals surface area contributed by atoms with Crippen LogP contribution in [-0.4, -0.2) is 4.70 Å². The molecule has 0 aliphatic carbocycles. The molecule has 0 unspecified atom stereocenters. The van der Waals surface area contributed by atoms with Gasteiger partial charge in [-0.2, -0.15) is 0 Å². The van der Waals surface area contributed by atoms with Crippen molar-refractivity contribution in [3.8, 4) is 11.8 Å². The second-order valence-corrected chi connectivity index (χ2v) is 11.3. The van der Waals surface area contributed by atoms with Crippen LogP contribution in [0.5, 0.6) is 0 Å². The fourth-order valence-electron chi connectivity index (χ4n) is 5.87. The van der Waals surface area contributed by atoms with Crippen molar-refractivity contribution in [2.24, 2.45) is 0 Å². The van der Waals surface area contributed by atoms with Gasteiger partial charge in [-0.3, -0.25) is 0 Å². The van der Waals surface area contributed by atoms with E-state index in [1.165, 1.54) is 84.8 Å². The van der Waals surface area contributed by atoms with Crippen LogP contribution in [0, 0.1) is 11.8 Å². The molecule has 2 heteroatoms. The summed E-state index contributed by atoms with van der Waals surface area (Å²) in [7, 11) is 0. The highest BCUT2D eigenvalue weighted by molar-refractivity contribution is 5.82. The molecular formula is C38H52N2. The van der Waals surface area contributed by atoms with E-state index in [2.05, 4.69) is 88.1 Å². The van der Waals surface area contributed by atoms with Gasteiger partial charge in [-0.1, -0.05) is 103 Å². The second-order valence-electron chi connectivity index (χ2n) is 11.3. The smallest absolute Gasteiger partial charge is 0.211 e. The number of rotatable bonds is 17. The molecule has 0 aromatic heterocycles. The molecule has 0 spiro atoms. The molecule has 40 heavy (non-hydrogen) atoms. The minimum Gasteiger partial charge on any atom is -0.493 e. The Labute approximate surface area is 245 Å². The van der Waals surface area contributed by atoms with Gasteiger partial charge in [0.2, 0.25) is 11.4 Å². The summed E-state index contributed by atoms with van der Waals surface area (Å²) in [5.74, 6) is 6.78. The van der Waals surface area contributed by atoms with E-state index in [-0.39, 0.29) is 0 Å². The van der Waals surface area contributed by atoms with Gasteiger partial charge in [0.1, 0.15) is 0 Å². The minimum atomic E-state index is 0.855. The van der Waals surface area contributed by atoms with Gasteiger partial charge in [-0.05, 0) is 74.3 Å². The van der Waals surface area contributed by atoms with Crippen LogP contribution < -0.4 is 0 Å². The molecule has 3 rings (SSSR count). The monoisotopic (exact) mass is 536 g/mol. The van der Waals surface area contributed by atoms with E-state index < -0.39 is 0 Å². The Kier molecular flexibility index (Phi) is 14.0. The molecule has 1 heterocycles. The lowest BCUT2D eigenvalue weighted by Crippen LogP contribution is -2.05. The van der Waals surface area contributed by atoms with Crippen LogP contribution in [0.15, 0.2) is 59.7 Å². The summed E-state index contributed by atoms with van der Waals surface area (Å²) >= 11 is 0. The first-order chi connectivity index (χ1) is 19.7. The van der Waals surface area contributed by atoms with E-state index in [4.69, 9.17) is 0 Å². The summed E-state index contributed by atoms with van der Waals surface area (Å²) in [6.45, 7) is 8.99. The molecule has 0 saturated heterocycles. The van der Waals surface area contributed by atoms with Gasteiger partial charge in [0.05, 0.1) is 0 Å². The number of benzene rings is 2. The van der Waals surface area contributed by atoms with Crippen molar-refractivity contribution in [3.63, 3.8) is 0 Å². The lowest BCUT2D eigenvalue weighted by atomic mass is 9.91. The zero-order chi connectivity index (χ0) is 28.6. The molecule has 2 nitrogen and oxygen atoms in total. The first-order valence-electron chi connectivity index (χ1n) is 16.2. The van der Waals surface area contributed by atoms with Gasteiger partial charge in [0.15, 0.2) is 0 Å². The third-order valence-corrected chi connectivity index (χ3v) is 8.09. The van der Waals surface area contributed by atoms with E-state index in [1.54, 1.807) is 0 Å². The lowest BCUT2D eigenvalue weighted by Gasteiger charge is -2.13. The van der Waals surface area contributed by atoms with Crippen LogP contribution in [0.25, 0.3) is 16.9 Å². The quantitative estimate of drug-likeness (QED) is 0.109. The van der Waals surface area contributed by atoms with E-state index in [9.17, 15) is 5.53 Å². The summed E-state index contributed by atoms with van der Waals surface area (Å²) in [6.07, 6.45) is 18.0. The van der Waals surface area contributed by atoms with Gasteiger partial charge < -0.3 is 5.53 Å². The van der Waals surface area contributed by atoms with Crippen molar-refractivity contribution in [3.05, 3.63) is 87.5 Å². The van der Waals surface area contributed by atoms with Gasteiger partial charge in [0, 0.05) is 35.1 Å². The van der Waals surface area contributed by atoms with E-state index in [0.717, 1.165) is 67.5 Å². The highest BCUT2D eigenvalue weighted by atomic mass is 15.2. The van der Waals surface area contributed by atoms with Crippen LogP contribution in [0.4, 0.5) is 0 Å². The lowest BCUT2D eigenvalue weighted by molar-refractivity contribution is -0.345. The summed E-state index contributed by atoms with van der Waals surface area (Å²) in [4.78, 5) is 0. The topological polar surface area (TPSA) is 25.3 Å². The van der Waals surface area contributed by atoms with Crippen molar-refractivity contribution < 1.29 is 4.70 Å². The zero-order valence-electron chi connectivity index (χ0n) is 25.8. The van der Waals surface area contributed by atoms with Gasteiger partial charge in [-0.15, -0.1) is 11.8 Å². The largest absolute Gasteiger partial charge is 0.493 e. The Morgan fingerprint density at radius 1 is 0.625 bits per heavy atom. The number of hydrogen-bond donors (Lipinski definition) is 0. The number of aryl methyl sites for hydroxylation is 2. The zero-order valence-corrected chi connectivity index (χ0v) is 25.8. The van der Waals surface area contributed by atoms with Crippen LogP contribution in [0.3, 0.4) is 0 Å². The normalized spacial score (nSPS) is 13.2. The molecule has 0 radical (unpaired) electrons. The third kappa shape index (κ3) is 8.79. The van der Waals surface area contributed by atoms with Crippen LogP contribution in [0.1, 0.15) is 140 Å². The SMILES string of the molecule is CCCCCC#CCCc1ccccc1C1=C(CCCCC)C(CC)=C(c2cccc(CCCCCC)c2)[N+]1=[N-]. The number of hydrogen-bond acceptors (Lipinski definition) is 0. The molecule has 0 fully saturated rings. The first kappa shape index (κ1) is 31.6. The Bertz CT molecular complexity index is 1220. The summed E-state index contributed by atoms with van der Waals surface area (Å²) in [5, 5.41) is 0. The van der Waals surface area contributed by atoms with Crippen molar-refractivity contribution >= 4 is 11.4 Å². The van der Waals surface area contributed by atoms with E-state index in [1.807, 2.05) is 0 Å². The van der Waals surface area contributed by atoms with Crippen molar-refractivity contribution in [2.45, 2.75) is 130 Å². The summed E-state index contributed by atoms with van der Waals surface area (Å²) in [5.41, 5.74) is 21.4. The predicted octanol–water partition coefficient (Wildman–Crippen LogP) is 11.5. The molecule has 0 saturated carbocycles. The van der Waals surface area contributed by atoms with Crippen LogP contribution >= 0.6 is 0 Å². The second kappa shape index (κ2) is 17.7. The fraction of sp³-hybridized carbons (Fsp3) is 0.526. The highest BCUT2D eigenvalue weighted by Gasteiger charge is 2.35. The average Bonchev–Trinajstić information content (AvgIpc) is 3.26. The molecule has 2 aromatic carbocycles. The Hall–Kier alpha value is -2.92. The number of unbranched alkanes of at least 4 members (excludes halogenated alkanes) is 8. The van der Waals surface area contributed by atoms with E-state index >= 15 is 0 Å². The highest BCUT2D eigenvalue weighted by Crippen LogP contribution is 2.44. The van der Waals surface area contributed by atoms with Crippen molar-refractivity contribution in [1.82, 2.24) is 0 Å². The Morgan fingerprint density at radius 2 is 1.32 bits per heavy atom. The molecule has 214 valence electrons. The molecule has 0 bridgehead atoms. The third-order valence-electron chi connectivity index (χ3n) is 8.09. The maximum absolute atomic E-state index is 11.9. The molecule has 0 amide bonds. The Morgan fingerprint density at radius 3 is 2.10 bits per heavy atom. The molecule has 2 aromatic rings.